The Labute approximate surface area is 196 Å². The molecule has 0 amide bonds. The van der Waals surface area contributed by atoms with Gasteiger partial charge in [-0.25, -0.2) is 8.42 Å². The minimum absolute atomic E-state index is 0.0400. The minimum atomic E-state index is -3.86. The summed E-state index contributed by atoms with van der Waals surface area (Å²) in [5, 5.41) is 17.9. The van der Waals surface area contributed by atoms with Crippen LogP contribution in [0.2, 0.25) is 0 Å². The highest BCUT2D eigenvalue weighted by Crippen LogP contribution is 2.42. The van der Waals surface area contributed by atoms with Gasteiger partial charge in [-0.1, -0.05) is 90.4 Å². The van der Waals surface area contributed by atoms with E-state index in [0.29, 0.717) is 6.42 Å². The lowest BCUT2D eigenvalue weighted by molar-refractivity contribution is 0.0912. The summed E-state index contributed by atoms with van der Waals surface area (Å²) >= 11 is 0. The van der Waals surface area contributed by atoms with E-state index in [1.165, 1.54) is 70.6 Å². The Morgan fingerprint density at radius 1 is 0.781 bits per heavy atom. The smallest absolute Gasteiger partial charge is 0.328 e. The fourth-order valence-electron chi connectivity index (χ4n) is 3.57. The standard InChI is InChI=1S/C23H49O7PS/c1-2-3-4-5-6-7-8-9-10-11-12-13-14-15-20-32(28,29)21-16-18-30-31(26,27)19-17-23(25)22-24/h23-25H,2-22H2,1H3,(H,26,27). The first-order valence-electron chi connectivity index (χ1n) is 12.7. The number of hydrogen-bond donors (Lipinski definition) is 3. The highest BCUT2D eigenvalue weighted by molar-refractivity contribution is 7.91. The van der Waals surface area contributed by atoms with Gasteiger partial charge in [0, 0.05) is 0 Å². The lowest BCUT2D eigenvalue weighted by Gasteiger charge is -2.13. The zero-order chi connectivity index (χ0) is 24.1. The average Bonchev–Trinajstić information content (AvgIpc) is 2.75. The number of aliphatic hydroxyl groups excluding tert-OH is 2. The molecule has 0 aromatic heterocycles. The SMILES string of the molecule is CCCCCCCCCCCCCCCCS(=O)(=O)CCCOP(=O)(O)CCC(O)CO. The van der Waals surface area contributed by atoms with Crippen molar-refractivity contribution in [1.29, 1.82) is 0 Å². The molecular weight excluding hydrogens is 451 g/mol. The fraction of sp³-hybridized carbons (Fsp3) is 1.00. The van der Waals surface area contributed by atoms with Crippen molar-refractivity contribution in [3.8, 4) is 0 Å². The van der Waals surface area contributed by atoms with Gasteiger partial charge in [0.25, 0.3) is 0 Å². The Morgan fingerprint density at radius 3 is 1.69 bits per heavy atom. The summed E-state index contributed by atoms with van der Waals surface area (Å²) in [6, 6.07) is 0. The molecule has 0 radical (unpaired) electrons. The van der Waals surface area contributed by atoms with Crippen LogP contribution in [0, 0.1) is 0 Å². The fourth-order valence-corrected chi connectivity index (χ4v) is 6.15. The third-order valence-electron chi connectivity index (χ3n) is 5.66. The van der Waals surface area contributed by atoms with Gasteiger partial charge in [0.1, 0.15) is 9.84 Å². The predicted octanol–water partition coefficient (Wildman–Crippen LogP) is 5.22. The molecule has 0 saturated carbocycles. The summed E-state index contributed by atoms with van der Waals surface area (Å²) in [5.41, 5.74) is 0. The largest absolute Gasteiger partial charge is 0.394 e. The van der Waals surface area contributed by atoms with Crippen LogP contribution in [0.4, 0.5) is 0 Å². The molecule has 0 saturated heterocycles. The first-order valence-corrected chi connectivity index (χ1v) is 16.3. The van der Waals surface area contributed by atoms with Gasteiger partial charge in [-0.2, -0.15) is 0 Å². The maximum Gasteiger partial charge on any atom is 0.328 e. The van der Waals surface area contributed by atoms with Crippen molar-refractivity contribution in [3.05, 3.63) is 0 Å². The summed E-state index contributed by atoms with van der Waals surface area (Å²) in [5.74, 6) is 0.106. The zero-order valence-electron chi connectivity index (χ0n) is 20.3. The predicted molar refractivity (Wildman–Crippen MR) is 132 cm³/mol. The van der Waals surface area contributed by atoms with Gasteiger partial charge in [-0.3, -0.25) is 4.57 Å². The van der Waals surface area contributed by atoms with Gasteiger partial charge in [-0.15, -0.1) is 0 Å². The van der Waals surface area contributed by atoms with Crippen LogP contribution in [0.1, 0.15) is 110 Å². The van der Waals surface area contributed by atoms with E-state index in [2.05, 4.69) is 6.92 Å². The Kier molecular flexibility index (Phi) is 20.4. The molecule has 0 rings (SSSR count). The molecule has 0 aliphatic heterocycles. The molecule has 0 spiro atoms. The molecule has 0 aliphatic rings. The van der Waals surface area contributed by atoms with Crippen molar-refractivity contribution in [2.24, 2.45) is 0 Å². The molecule has 32 heavy (non-hydrogen) atoms. The molecule has 3 N–H and O–H groups in total. The van der Waals surface area contributed by atoms with Crippen molar-refractivity contribution >= 4 is 17.4 Å². The normalized spacial score (nSPS) is 15.0. The van der Waals surface area contributed by atoms with Crippen LogP contribution in [0.25, 0.3) is 0 Å². The quantitative estimate of drug-likeness (QED) is 0.123. The first kappa shape index (κ1) is 32.0. The number of sulfone groups is 1. The zero-order valence-corrected chi connectivity index (χ0v) is 22.0. The maximum absolute atomic E-state index is 12.1. The van der Waals surface area contributed by atoms with Crippen molar-refractivity contribution in [2.75, 3.05) is 30.9 Å². The summed E-state index contributed by atoms with van der Waals surface area (Å²) < 4.78 is 40.8. The van der Waals surface area contributed by atoms with E-state index in [0.717, 1.165) is 12.8 Å². The molecule has 2 unspecified atom stereocenters. The first-order chi connectivity index (χ1) is 15.2. The number of unbranched alkanes of at least 4 members (excludes halogenated alkanes) is 13. The van der Waals surface area contributed by atoms with Crippen LogP contribution in [0.15, 0.2) is 0 Å². The summed E-state index contributed by atoms with van der Waals surface area (Å²) in [4.78, 5) is 9.62. The van der Waals surface area contributed by atoms with Gasteiger partial charge in [0.05, 0.1) is 37.0 Å². The number of aliphatic hydroxyl groups is 2. The van der Waals surface area contributed by atoms with Gasteiger partial charge >= 0.3 is 7.60 Å². The molecule has 0 heterocycles. The lowest BCUT2D eigenvalue weighted by atomic mass is 10.0. The third-order valence-corrected chi connectivity index (χ3v) is 8.89. The summed E-state index contributed by atoms with van der Waals surface area (Å²) in [7, 11) is -7.03. The monoisotopic (exact) mass is 500 g/mol. The second kappa shape index (κ2) is 20.4. The Morgan fingerprint density at radius 2 is 1.22 bits per heavy atom. The highest BCUT2D eigenvalue weighted by atomic mass is 32.2. The van der Waals surface area contributed by atoms with Crippen LogP contribution < -0.4 is 0 Å². The second-order valence-corrected chi connectivity index (χ2v) is 13.2. The minimum Gasteiger partial charge on any atom is -0.394 e. The van der Waals surface area contributed by atoms with Crippen molar-refractivity contribution < 1.29 is 32.6 Å². The van der Waals surface area contributed by atoms with Crippen molar-refractivity contribution in [3.63, 3.8) is 0 Å². The average molecular weight is 501 g/mol. The maximum atomic E-state index is 12.1. The van der Waals surface area contributed by atoms with Crippen molar-refractivity contribution in [1.82, 2.24) is 0 Å². The van der Waals surface area contributed by atoms with E-state index < -0.39 is 30.1 Å². The topological polar surface area (TPSA) is 121 Å². The Balaban J connectivity index is 3.57. The third kappa shape index (κ3) is 21.8. The van der Waals surface area contributed by atoms with Crippen LogP contribution >= 0.6 is 7.60 Å². The molecule has 0 aromatic carbocycles. The van der Waals surface area contributed by atoms with Gasteiger partial charge in [0.2, 0.25) is 0 Å². The van der Waals surface area contributed by atoms with E-state index >= 15 is 0 Å². The van der Waals surface area contributed by atoms with Crippen molar-refractivity contribution in [2.45, 2.75) is 116 Å². The summed E-state index contributed by atoms with van der Waals surface area (Å²) in [6.45, 7) is 1.66. The van der Waals surface area contributed by atoms with E-state index in [1.54, 1.807) is 0 Å². The van der Waals surface area contributed by atoms with Gasteiger partial charge in [0.15, 0.2) is 0 Å². The van der Waals surface area contributed by atoms with E-state index in [-0.39, 0.29) is 37.1 Å². The molecule has 0 fully saturated rings. The molecule has 0 bridgehead atoms. The molecule has 9 heteroatoms. The van der Waals surface area contributed by atoms with Crippen LogP contribution in [-0.2, 0) is 18.9 Å². The summed E-state index contributed by atoms with van der Waals surface area (Å²) in [6.07, 6.45) is 16.0. The number of hydrogen-bond acceptors (Lipinski definition) is 6. The van der Waals surface area contributed by atoms with Crippen LogP contribution in [0.3, 0.4) is 0 Å². The lowest BCUT2D eigenvalue weighted by Crippen LogP contribution is -2.15. The van der Waals surface area contributed by atoms with Crippen LogP contribution in [-0.4, -0.2) is 60.5 Å². The van der Waals surface area contributed by atoms with Gasteiger partial charge < -0.3 is 19.6 Å². The molecule has 2 atom stereocenters. The van der Waals surface area contributed by atoms with E-state index in [9.17, 15) is 23.0 Å². The second-order valence-electron chi connectivity index (χ2n) is 8.92. The Bertz CT molecular complexity index is 569. The van der Waals surface area contributed by atoms with E-state index in [1.807, 2.05) is 0 Å². The van der Waals surface area contributed by atoms with Gasteiger partial charge in [-0.05, 0) is 19.3 Å². The molecule has 0 aromatic rings. The molecule has 0 aliphatic carbocycles. The van der Waals surface area contributed by atoms with E-state index in [4.69, 9.17) is 9.63 Å². The molecular formula is C23H49O7PS. The molecule has 194 valence electrons. The van der Waals surface area contributed by atoms with Crippen LogP contribution in [0.5, 0.6) is 0 Å². The Hall–Kier alpha value is 0.0200. The molecule has 7 nitrogen and oxygen atoms in total. The number of rotatable bonds is 24. The highest BCUT2D eigenvalue weighted by Gasteiger charge is 2.21.